The Morgan fingerprint density at radius 2 is 1.70 bits per heavy atom. The van der Waals surface area contributed by atoms with Gasteiger partial charge in [-0.25, -0.2) is 9.36 Å². The number of carbonyl (C=O) groups is 1. The maximum atomic E-state index is 9.53. The maximum absolute atomic E-state index is 9.53. The molecule has 0 saturated heterocycles. The van der Waals surface area contributed by atoms with Gasteiger partial charge in [0.2, 0.25) is 0 Å². The van der Waals surface area contributed by atoms with Crippen molar-refractivity contribution in [3.8, 4) is 0 Å². The van der Waals surface area contributed by atoms with E-state index in [1.54, 1.807) is 0 Å². The number of hydrogen-bond donors (Lipinski definition) is 3. The molecule has 9 heteroatoms. The predicted octanol–water partition coefficient (Wildman–Crippen LogP) is -0.877. The van der Waals surface area contributed by atoms with Crippen molar-refractivity contribution >= 4 is 43.5 Å². The Bertz CT molecular complexity index is 141. The van der Waals surface area contributed by atoms with Gasteiger partial charge in [-0.1, -0.05) is 0 Å². The van der Waals surface area contributed by atoms with Crippen LogP contribution in [0.1, 0.15) is 0 Å². The van der Waals surface area contributed by atoms with E-state index in [0.29, 0.717) is 0 Å². The molecule has 0 rings (SSSR count). The fourth-order valence-corrected chi connectivity index (χ4v) is 0.305. The summed E-state index contributed by atoms with van der Waals surface area (Å²) in [5, 5.41) is 7.53. The molecule has 0 aromatic heterocycles. The summed E-state index contributed by atoms with van der Waals surface area (Å²) in [6.07, 6.45) is -1.99. The van der Waals surface area contributed by atoms with E-state index in [2.05, 4.69) is 4.52 Å². The number of rotatable bonds is 1. The molecule has 0 saturated carbocycles. The van der Waals surface area contributed by atoms with E-state index < -0.39 is 14.0 Å². The van der Waals surface area contributed by atoms with E-state index in [4.69, 9.17) is 14.9 Å². The van der Waals surface area contributed by atoms with Gasteiger partial charge >= 0.3 is 43.5 Å². The second-order valence-corrected chi connectivity index (χ2v) is 2.01. The molecular weight excluding hydrogens is 218 g/mol. The standard InChI is InChI=1S/CH3O6P.Fe.Na.H/c2-1(3)7-8(4,5)6;;;/h(H,2,3)(H2,4,5,6);;;. The zero-order valence-corrected chi connectivity index (χ0v) is 5.87. The molecule has 0 spiro atoms. The average molecular weight is 222 g/mol. The minimum absolute atomic E-state index is 0. The molecule has 0 atom stereocenters. The molecule has 0 aliphatic carbocycles. The molecule has 0 radical (unpaired) electrons. The van der Waals surface area contributed by atoms with Crippen LogP contribution in [-0.4, -0.2) is 50.6 Å². The van der Waals surface area contributed by atoms with Gasteiger partial charge in [0.05, 0.1) is 0 Å². The first-order valence-corrected chi connectivity index (χ1v) is 2.93. The van der Waals surface area contributed by atoms with Crippen LogP contribution in [-0.2, 0) is 26.2 Å². The van der Waals surface area contributed by atoms with Crippen LogP contribution in [0.25, 0.3) is 0 Å². The van der Waals surface area contributed by atoms with Crippen LogP contribution in [0.5, 0.6) is 0 Å². The van der Waals surface area contributed by atoms with Gasteiger partial charge in [0.1, 0.15) is 0 Å². The van der Waals surface area contributed by atoms with Gasteiger partial charge in [0.15, 0.2) is 0 Å². The molecule has 0 amide bonds. The van der Waals surface area contributed by atoms with Crippen molar-refractivity contribution in [3.63, 3.8) is 0 Å². The number of carboxylic acid groups (broad SMARTS) is 1. The summed E-state index contributed by atoms with van der Waals surface area (Å²) in [7, 11) is -4.82. The Morgan fingerprint density at radius 1 is 1.40 bits per heavy atom. The van der Waals surface area contributed by atoms with Crippen molar-refractivity contribution < 1.29 is 45.8 Å². The van der Waals surface area contributed by atoms with Crippen LogP contribution in [0.4, 0.5) is 4.79 Å². The quantitative estimate of drug-likeness (QED) is 0.393. The number of phosphoric ester groups is 1. The Morgan fingerprint density at radius 3 is 1.70 bits per heavy atom. The Labute approximate surface area is 89.0 Å². The van der Waals surface area contributed by atoms with Crippen molar-refractivity contribution in [2.75, 3.05) is 0 Å². The molecule has 0 aliphatic heterocycles. The molecule has 58 valence electrons. The molecule has 0 bridgehead atoms. The van der Waals surface area contributed by atoms with E-state index in [9.17, 15) is 9.36 Å². The Kier molecular flexibility index (Phi) is 11.4. The zero-order valence-electron chi connectivity index (χ0n) is 3.87. The summed E-state index contributed by atoms with van der Waals surface area (Å²) < 4.78 is 12.6. The fourth-order valence-electron chi connectivity index (χ4n) is 0.102. The molecule has 3 N–H and O–H groups in total. The van der Waals surface area contributed by atoms with Crippen molar-refractivity contribution in [1.29, 1.82) is 0 Å². The third-order valence-electron chi connectivity index (χ3n) is 0.197. The van der Waals surface area contributed by atoms with Crippen molar-refractivity contribution in [3.05, 3.63) is 0 Å². The summed E-state index contributed by atoms with van der Waals surface area (Å²) in [6.45, 7) is 0. The summed E-state index contributed by atoms with van der Waals surface area (Å²) in [5.41, 5.74) is 0. The van der Waals surface area contributed by atoms with Gasteiger partial charge in [-0.05, 0) is 0 Å². The summed E-state index contributed by atoms with van der Waals surface area (Å²) in [4.78, 5) is 24.7. The Hall–Kier alpha value is 0.939. The number of hydrogen-bond acceptors (Lipinski definition) is 3. The SMILES string of the molecule is O=C(O)OP(=O)(O)O.[Fe].[NaH]. The first kappa shape index (κ1) is 17.1. The normalized spacial score (nSPS) is 8.60. The minimum atomic E-state index is -4.82. The first-order chi connectivity index (χ1) is 3.42. The third-order valence-corrected chi connectivity index (χ3v) is 0.591. The monoisotopic (exact) mass is 222 g/mol. The third kappa shape index (κ3) is 16.0. The molecule has 0 fully saturated rings. The molecule has 0 unspecified atom stereocenters. The van der Waals surface area contributed by atoms with Crippen LogP contribution in [0, 0.1) is 0 Å². The molecule has 0 aromatic rings. The van der Waals surface area contributed by atoms with Gasteiger partial charge in [-0.2, -0.15) is 0 Å². The first-order valence-electron chi connectivity index (χ1n) is 1.40. The van der Waals surface area contributed by atoms with E-state index in [0.717, 1.165) is 0 Å². The van der Waals surface area contributed by atoms with Gasteiger partial charge in [-0.3, -0.25) is 9.79 Å². The predicted molar refractivity (Wildman–Crippen MR) is 28.3 cm³/mol. The van der Waals surface area contributed by atoms with Crippen LogP contribution < -0.4 is 0 Å². The van der Waals surface area contributed by atoms with Gasteiger partial charge in [-0.15, -0.1) is 0 Å². The second-order valence-electron chi connectivity index (χ2n) is 0.848. The molecule has 6 nitrogen and oxygen atoms in total. The summed E-state index contributed by atoms with van der Waals surface area (Å²) in [6, 6.07) is 0. The molecular formula is CH4FeNaO6P. The van der Waals surface area contributed by atoms with Crippen LogP contribution in [0.15, 0.2) is 0 Å². The van der Waals surface area contributed by atoms with E-state index >= 15 is 0 Å². The average Bonchev–Trinajstić information content (AvgIpc) is 1.21. The van der Waals surface area contributed by atoms with Crippen LogP contribution in [0.3, 0.4) is 0 Å². The van der Waals surface area contributed by atoms with Crippen molar-refractivity contribution in [2.24, 2.45) is 0 Å². The summed E-state index contributed by atoms with van der Waals surface area (Å²) >= 11 is 0. The van der Waals surface area contributed by atoms with E-state index in [1.807, 2.05) is 0 Å². The fraction of sp³-hybridized carbons (Fsp3) is 0. The van der Waals surface area contributed by atoms with Gasteiger partial charge in [0.25, 0.3) is 0 Å². The van der Waals surface area contributed by atoms with Crippen molar-refractivity contribution in [2.45, 2.75) is 0 Å². The van der Waals surface area contributed by atoms with Gasteiger partial charge in [0, 0.05) is 17.1 Å². The number of phosphoric acid groups is 1. The molecule has 10 heavy (non-hydrogen) atoms. The van der Waals surface area contributed by atoms with E-state index in [-0.39, 0.29) is 46.6 Å². The summed E-state index contributed by atoms with van der Waals surface area (Å²) in [5.74, 6) is 0. The van der Waals surface area contributed by atoms with E-state index in [1.165, 1.54) is 0 Å². The van der Waals surface area contributed by atoms with Gasteiger partial charge < -0.3 is 9.63 Å². The van der Waals surface area contributed by atoms with Crippen molar-refractivity contribution in [1.82, 2.24) is 0 Å². The zero-order chi connectivity index (χ0) is 6.78. The van der Waals surface area contributed by atoms with Crippen LogP contribution >= 0.6 is 7.82 Å². The molecule has 0 heterocycles. The van der Waals surface area contributed by atoms with Crippen LogP contribution in [0.2, 0.25) is 0 Å². The molecule has 0 aliphatic rings. The molecule has 0 aromatic carbocycles. The topological polar surface area (TPSA) is 104 Å². The second kappa shape index (κ2) is 6.64. The Balaban J connectivity index is -0.000000245.